The SMILES string of the molecule is CN(C)c1nccnc1OC1CCCN(C(=O)CSc2ccc(F)cc2)C1. The molecule has 1 aliphatic rings. The zero-order valence-electron chi connectivity index (χ0n) is 15.5. The number of hydrogen-bond donors (Lipinski definition) is 0. The Kier molecular flexibility index (Phi) is 6.49. The lowest BCUT2D eigenvalue weighted by molar-refractivity contribution is -0.130. The standard InChI is InChI=1S/C19H23FN4O2S/c1-23(2)18-19(22-10-9-21-18)26-15-4-3-11-24(12-15)17(25)13-27-16-7-5-14(20)6-8-16/h5-10,15H,3-4,11-13H2,1-2H3. The highest BCUT2D eigenvalue weighted by atomic mass is 32.2. The Labute approximate surface area is 162 Å². The summed E-state index contributed by atoms with van der Waals surface area (Å²) < 4.78 is 19.0. The number of anilines is 1. The van der Waals surface area contributed by atoms with Gasteiger partial charge in [-0.1, -0.05) is 0 Å². The number of ether oxygens (including phenoxy) is 1. The van der Waals surface area contributed by atoms with Crippen molar-refractivity contribution in [3.8, 4) is 5.88 Å². The molecule has 1 unspecified atom stereocenters. The highest BCUT2D eigenvalue weighted by molar-refractivity contribution is 8.00. The van der Waals surface area contributed by atoms with Crippen molar-refractivity contribution in [1.82, 2.24) is 14.9 Å². The molecule has 144 valence electrons. The first kappa shape index (κ1) is 19.4. The molecule has 1 aliphatic heterocycles. The predicted octanol–water partition coefficient (Wildman–Crippen LogP) is 2.84. The Morgan fingerprint density at radius 3 is 2.78 bits per heavy atom. The second-order valence-electron chi connectivity index (χ2n) is 6.54. The van der Waals surface area contributed by atoms with E-state index < -0.39 is 0 Å². The molecule has 1 saturated heterocycles. The van der Waals surface area contributed by atoms with Crippen LogP contribution in [0.3, 0.4) is 0 Å². The first-order valence-corrected chi connectivity index (χ1v) is 9.82. The van der Waals surface area contributed by atoms with E-state index in [2.05, 4.69) is 9.97 Å². The van der Waals surface area contributed by atoms with Crippen LogP contribution in [0.4, 0.5) is 10.2 Å². The third-order valence-corrected chi connectivity index (χ3v) is 5.25. The maximum absolute atomic E-state index is 13.0. The number of benzene rings is 1. The number of amides is 1. The Hall–Kier alpha value is -2.35. The number of halogens is 1. The van der Waals surface area contributed by atoms with Gasteiger partial charge in [-0.05, 0) is 37.1 Å². The van der Waals surface area contributed by atoms with E-state index in [4.69, 9.17) is 4.74 Å². The summed E-state index contributed by atoms with van der Waals surface area (Å²) in [6, 6.07) is 6.18. The van der Waals surface area contributed by atoms with Crippen molar-refractivity contribution in [1.29, 1.82) is 0 Å². The molecule has 27 heavy (non-hydrogen) atoms. The monoisotopic (exact) mass is 390 g/mol. The Bertz CT molecular complexity index is 773. The van der Waals surface area contributed by atoms with Crippen molar-refractivity contribution in [3.63, 3.8) is 0 Å². The molecule has 2 heterocycles. The van der Waals surface area contributed by atoms with E-state index in [9.17, 15) is 9.18 Å². The van der Waals surface area contributed by atoms with E-state index >= 15 is 0 Å². The number of nitrogens with zero attached hydrogens (tertiary/aromatic N) is 4. The lowest BCUT2D eigenvalue weighted by Gasteiger charge is -2.33. The van der Waals surface area contributed by atoms with Crippen LogP contribution in [0, 0.1) is 5.82 Å². The topological polar surface area (TPSA) is 58.6 Å². The highest BCUT2D eigenvalue weighted by Gasteiger charge is 2.26. The first-order chi connectivity index (χ1) is 13.0. The quantitative estimate of drug-likeness (QED) is 0.707. The van der Waals surface area contributed by atoms with Gasteiger partial charge in [-0.2, -0.15) is 0 Å². The fourth-order valence-electron chi connectivity index (χ4n) is 2.89. The number of thioether (sulfide) groups is 1. The summed E-state index contributed by atoms with van der Waals surface area (Å²) >= 11 is 1.41. The molecule has 0 saturated carbocycles. The number of carbonyl (C=O) groups is 1. The van der Waals surface area contributed by atoms with Gasteiger partial charge >= 0.3 is 0 Å². The van der Waals surface area contributed by atoms with Crippen LogP contribution in [-0.2, 0) is 4.79 Å². The molecule has 1 atom stereocenters. The van der Waals surface area contributed by atoms with Gasteiger partial charge < -0.3 is 14.5 Å². The molecule has 0 aliphatic carbocycles. The van der Waals surface area contributed by atoms with Crippen molar-refractivity contribution in [2.45, 2.75) is 23.8 Å². The van der Waals surface area contributed by atoms with E-state index in [0.29, 0.717) is 24.0 Å². The molecule has 1 fully saturated rings. The molecule has 1 aromatic carbocycles. The zero-order valence-corrected chi connectivity index (χ0v) is 16.3. The second-order valence-corrected chi connectivity index (χ2v) is 7.59. The molecule has 0 bridgehead atoms. The molecular weight excluding hydrogens is 367 g/mol. The summed E-state index contributed by atoms with van der Waals surface area (Å²) in [5, 5.41) is 0. The van der Waals surface area contributed by atoms with Crippen molar-refractivity contribution in [3.05, 3.63) is 42.5 Å². The Morgan fingerprint density at radius 2 is 2.04 bits per heavy atom. The molecule has 2 aromatic rings. The van der Waals surface area contributed by atoms with Gasteiger partial charge in [-0.3, -0.25) is 4.79 Å². The minimum atomic E-state index is -0.275. The highest BCUT2D eigenvalue weighted by Crippen LogP contribution is 2.25. The molecule has 0 radical (unpaired) electrons. The van der Waals surface area contributed by atoms with E-state index in [-0.39, 0.29) is 17.8 Å². The van der Waals surface area contributed by atoms with Crippen LogP contribution in [0.15, 0.2) is 41.6 Å². The number of likely N-dealkylation sites (tertiary alicyclic amines) is 1. The van der Waals surface area contributed by atoms with Crippen LogP contribution in [-0.4, -0.2) is 59.8 Å². The van der Waals surface area contributed by atoms with E-state index in [1.165, 1.54) is 23.9 Å². The van der Waals surface area contributed by atoms with Gasteiger partial charge in [0.1, 0.15) is 11.9 Å². The van der Waals surface area contributed by atoms with Crippen LogP contribution >= 0.6 is 11.8 Å². The fourth-order valence-corrected chi connectivity index (χ4v) is 3.70. The molecule has 3 rings (SSSR count). The zero-order chi connectivity index (χ0) is 19.2. The van der Waals surface area contributed by atoms with E-state index in [0.717, 1.165) is 24.3 Å². The van der Waals surface area contributed by atoms with Gasteiger partial charge in [0.25, 0.3) is 5.88 Å². The molecule has 6 nitrogen and oxygen atoms in total. The van der Waals surface area contributed by atoms with Crippen molar-refractivity contribution in [2.24, 2.45) is 0 Å². The number of carbonyl (C=O) groups excluding carboxylic acids is 1. The number of aromatic nitrogens is 2. The van der Waals surface area contributed by atoms with Gasteiger partial charge in [0.05, 0.1) is 12.3 Å². The minimum Gasteiger partial charge on any atom is -0.470 e. The van der Waals surface area contributed by atoms with Crippen LogP contribution in [0.5, 0.6) is 5.88 Å². The summed E-state index contributed by atoms with van der Waals surface area (Å²) in [6.07, 6.45) is 4.89. The van der Waals surface area contributed by atoms with Crippen LogP contribution in [0.1, 0.15) is 12.8 Å². The molecule has 0 N–H and O–H groups in total. The van der Waals surface area contributed by atoms with Crippen LogP contribution in [0.2, 0.25) is 0 Å². The maximum atomic E-state index is 13.0. The summed E-state index contributed by atoms with van der Waals surface area (Å²) in [5.41, 5.74) is 0. The fraction of sp³-hybridized carbons (Fsp3) is 0.421. The normalized spacial score (nSPS) is 16.9. The third kappa shape index (κ3) is 5.32. The van der Waals surface area contributed by atoms with Crippen molar-refractivity contribution in [2.75, 3.05) is 37.8 Å². The van der Waals surface area contributed by atoms with Gasteiger partial charge in [0, 0.05) is 37.9 Å². The van der Waals surface area contributed by atoms with E-state index in [1.54, 1.807) is 24.5 Å². The molecule has 1 aromatic heterocycles. The average molecular weight is 390 g/mol. The van der Waals surface area contributed by atoms with Gasteiger partial charge in [-0.25, -0.2) is 14.4 Å². The summed E-state index contributed by atoms with van der Waals surface area (Å²) in [7, 11) is 3.78. The lowest BCUT2D eigenvalue weighted by atomic mass is 10.1. The molecular formula is C19H23FN4O2S. The van der Waals surface area contributed by atoms with Crippen molar-refractivity contribution < 1.29 is 13.9 Å². The number of hydrogen-bond acceptors (Lipinski definition) is 6. The van der Waals surface area contributed by atoms with Gasteiger partial charge in [0.2, 0.25) is 5.91 Å². The van der Waals surface area contributed by atoms with Crippen LogP contribution < -0.4 is 9.64 Å². The molecule has 0 spiro atoms. The van der Waals surface area contributed by atoms with Crippen molar-refractivity contribution >= 4 is 23.5 Å². The molecule has 8 heteroatoms. The second kappa shape index (κ2) is 9.03. The smallest absolute Gasteiger partial charge is 0.257 e. The van der Waals surface area contributed by atoms with Gasteiger partial charge in [0.15, 0.2) is 5.82 Å². The number of rotatable bonds is 6. The first-order valence-electron chi connectivity index (χ1n) is 8.84. The predicted molar refractivity (Wildman–Crippen MR) is 104 cm³/mol. The minimum absolute atomic E-state index is 0.0598. The Balaban J connectivity index is 1.56. The third-order valence-electron chi connectivity index (χ3n) is 4.26. The average Bonchev–Trinajstić information content (AvgIpc) is 2.68. The van der Waals surface area contributed by atoms with Gasteiger partial charge in [-0.15, -0.1) is 11.8 Å². The summed E-state index contributed by atoms with van der Waals surface area (Å²) in [4.78, 5) is 25.7. The maximum Gasteiger partial charge on any atom is 0.257 e. The largest absolute Gasteiger partial charge is 0.470 e. The summed E-state index contributed by atoms with van der Waals surface area (Å²) in [5.74, 6) is 1.27. The Morgan fingerprint density at radius 1 is 1.30 bits per heavy atom. The lowest BCUT2D eigenvalue weighted by Crippen LogP contribution is -2.45. The number of piperidine rings is 1. The summed E-state index contributed by atoms with van der Waals surface area (Å²) in [6.45, 7) is 1.26. The molecule has 1 amide bonds. The van der Waals surface area contributed by atoms with Crippen LogP contribution in [0.25, 0.3) is 0 Å². The van der Waals surface area contributed by atoms with E-state index in [1.807, 2.05) is 23.9 Å².